The molecule has 1 aromatic heterocycles. The lowest BCUT2D eigenvalue weighted by molar-refractivity contribution is -0.130. The van der Waals surface area contributed by atoms with Crippen LogP contribution in [0, 0.1) is 16.2 Å². The Morgan fingerprint density at radius 3 is 2.55 bits per heavy atom. The van der Waals surface area contributed by atoms with Crippen LogP contribution in [0.4, 0.5) is 5.82 Å². The minimum Gasteiger partial charge on any atom is -0.393 e. The zero-order valence-electron chi connectivity index (χ0n) is 12.9. The molecule has 2 fully saturated rings. The third-order valence-electron chi connectivity index (χ3n) is 6.45. The average Bonchev–Trinajstić information content (AvgIpc) is 2.72. The van der Waals surface area contributed by atoms with E-state index in [1.54, 1.807) is 6.07 Å². The molecule has 4 nitrogen and oxygen atoms in total. The molecule has 0 aromatic carbocycles. The lowest BCUT2D eigenvalue weighted by Crippen LogP contribution is -2.43. The Hall–Kier alpha value is -0.840. The second-order valence-corrected chi connectivity index (χ2v) is 8.13. The highest BCUT2D eigenvalue weighted by Crippen LogP contribution is 2.72. The summed E-state index contributed by atoms with van der Waals surface area (Å²) in [6.45, 7) is 6.23. The maximum absolute atomic E-state index is 13.0. The highest BCUT2D eigenvalue weighted by Gasteiger charge is 2.72. The highest BCUT2D eigenvalue weighted by atomic mass is 35.5. The number of anilines is 1. The number of fused-ring (bicyclic) bond motifs is 2. The summed E-state index contributed by atoms with van der Waals surface area (Å²) in [4.78, 5) is 17.1. The molecule has 6 heteroatoms. The number of hydrogen-bond donors (Lipinski definition) is 2. The number of hydrogen-bond acceptors (Lipinski definition) is 3. The van der Waals surface area contributed by atoms with Gasteiger partial charge in [0.25, 0.3) is 0 Å². The van der Waals surface area contributed by atoms with Gasteiger partial charge in [0.15, 0.2) is 5.82 Å². The third-order valence-corrected chi connectivity index (χ3v) is 6.94. The van der Waals surface area contributed by atoms with Gasteiger partial charge in [-0.25, -0.2) is 4.98 Å². The smallest absolute Gasteiger partial charge is 0.232 e. The fourth-order valence-electron chi connectivity index (χ4n) is 4.36. The van der Waals surface area contributed by atoms with Gasteiger partial charge in [-0.1, -0.05) is 44.0 Å². The molecule has 3 rings (SSSR count). The van der Waals surface area contributed by atoms with E-state index in [1.807, 2.05) is 0 Å². The molecule has 22 heavy (non-hydrogen) atoms. The highest BCUT2D eigenvalue weighted by molar-refractivity contribution is 6.36. The van der Waals surface area contributed by atoms with Crippen LogP contribution >= 0.6 is 23.2 Å². The molecule has 0 saturated heterocycles. The predicted molar refractivity (Wildman–Crippen MR) is 87.1 cm³/mol. The number of aliphatic hydroxyl groups excluding tert-OH is 1. The van der Waals surface area contributed by atoms with Crippen LogP contribution in [0.15, 0.2) is 12.3 Å². The zero-order valence-corrected chi connectivity index (χ0v) is 14.4. The van der Waals surface area contributed by atoms with Crippen LogP contribution in [-0.2, 0) is 4.79 Å². The number of aliphatic hydroxyl groups is 1. The first-order valence-corrected chi connectivity index (χ1v) is 8.20. The summed E-state index contributed by atoms with van der Waals surface area (Å²) < 4.78 is 0. The van der Waals surface area contributed by atoms with Crippen molar-refractivity contribution in [1.82, 2.24) is 4.98 Å². The van der Waals surface area contributed by atoms with Gasteiger partial charge in [0, 0.05) is 6.20 Å². The van der Waals surface area contributed by atoms with Crippen molar-refractivity contribution in [3.63, 3.8) is 0 Å². The van der Waals surface area contributed by atoms with E-state index in [9.17, 15) is 9.90 Å². The van der Waals surface area contributed by atoms with Gasteiger partial charge in [-0.2, -0.15) is 0 Å². The number of amides is 1. The van der Waals surface area contributed by atoms with E-state index in [2.05, 4.69) is 31.1 Å². The minimum atomic E-state index is -0.591. The fourth-order valence-corrected chi connectivity index (χ4v) is 4.79. The molecule has 2 saturated carbocycles. The minimum absolute atomic E-state index is 0.116. The topological polar surface area (TPSA) is 62.2 Å². The van der Waals surface area contributed by atoms with Gasteiger partial charge in [0.2, 0.25) is 5.91 Å². The first-order valence-electron chi connectivity index (χ1n) is 7.45. The fraction of sp³-hybridized carbons (Fsp3) is 0.625. The normalized spacial score (nSPS) is 35.6. The number of carbonyl (C=O) groups excluding carboxylic acids is 1. The van der Waals surface area contributed by atoms with E-state index in [1.165, 1.54) is 6.20 Å². The van der Waals surface area contributed by atoms with Crippen LogP contribution < -0.4 is 5.32 Å². The predicted octanol–water partition coefficient (Wildman–Crippen LogP) is 3.90. The number of pyridine rings is 1. The average molecular weight is 343 g/mol. The molecule has 2 aliphatic rings. The molecular weight excluding hydrogens is 323 g/mol. The van der Waals surface area contributed by atoms with Crippen molar-refractivity contribution in [2.24, 2.45) is 16.2 Å². The lowest BCUT2D eigenvalue weighted by atomic mass is 9.64. The van der Waals surface area contributed by atoms with Crippen LogP contribution in [-0.4, -0.2) is 22.1 Å². The van der Waals surface area contributed by atoms with Crippen molar-refractivity contribution in [3.05, 3.63) is 22.3 Å². The Morgan fingerprint density at radius 2 is 2.05 bits per heavy atom. The second-order valence-electron chi connectivity index (χ2n) is 7.28. The van der Waals surface area contributed by atoms with E-state index in [0.29, 0.717) is 22.3 Å². The van der Waals surface area contributed by atoms with E-state index >= 15 is 0 Å². The molecular formula is C16H20Cl2N2O2. The first kappa shape index (κ1) is 16.0. The van der Waals surface area contributed by atoms with E-state index in [-0.39, 0.29) is 16.7 Å². The molecule has 1 heterocycles. The molecule has 2 aliphatic carbocycles. The number of rotatable bonds is 2. The second kappa shape index (κ2) is 4.83. The number of nitrogens with one attached hydrogen (secondary N) is 1. The molecule has 1 aromatic rings. The standard InChI is InChI=1S/C16H20Cl2N2O2/c1-14(2)15(3)4-5-16(14,7-11(15)21)13(22)20-12-10(18)6-9(17)8-19-12/h6,8,11,21H,4-5,7H2,1-3H3,(H,19,20,22)/t11-,15-,16-/m0/s1. The Kier molecular flexibility index (Phi) is 3.52. The van der Waals surface area contributed by atoms with Gasteiger partial charge in [-0.3, -0.25) is 4.79 Å². The van der Waals surface area contributed by atoms with Crippen molar-refractivity contribution in [2.75, 3.05) is 5.32 Å². The molecule has 120 valence electrons. The summed E-state index contributed by atoms with van der Waals surface area (Å²) >= 11 is 11.9. The van der Waals surface area contributed by atoms with Crippen LogP contribution in [0.1, 0.15) is 40.0 Å². The first-order chi connectivity index (χ1) is 10.1. The van der Waals surface area contributed by atoms with E-state index < -0.39 is 11.5 Å². The summed E-state index contributed by atoms with van der Waals surface area (Å²) in [5, 5.41) is 14.0. The molecule has 1 amide bonds. The Morgan fingerprint density at radius 1 is 1.36 bits per heavy atom. The monoisotopic (exact) mass is 342 g/mol. The van der Waals surface area contributed by atoms with Gasteiger partial charge in [0.1, 0.15) is 0 Å². The number of halogens is 2. The Labute approximate surface area is 140 Å². The van der Waals surface area contributed by atoms with Gasteiger partial charge >= 0.3 is 0 Å². The molecule has 2 N–H and O–H groups in total. The van der Waals surface area contributed by atoms with Crippen LogP contribution in [0.25, 0.3) is 0 Å². The van der Waals surface area contributed by atoms with Gasteiger partial charge < -0.3 is 10.4 Å². The molecule has 0 spiro atoms. The van der Waals surface area contributed by atoms with Crippen molar-refractivity contribution in [2.45, 2.75) is 46.1 Å². The van der Waals surface area contributed by atoms with Crippen molar-refractivity contribution < 1.29 is 9.90 Å². The maximum atomic E-state index is 13.0. The Balaban J connectivity index is 1.93. The summed E-state index contributed by atoms with van der Waals surface area (Å²) in [7, 11) is 0. The molecule has 2 bridgehead atoms. The quantitative estimate of drug-likeness (QED) is 0.856. The van der Waals surface area contributed by atoms with Gasteiger partial charge in [-0.15, -0.1) is 0 Å². The van der Waals surface area contributed by atoms with E-state index in [4.69, 9.17) is 23.2 Å². The zero-order chi connectivity index (χ0) is 16.3. The summed E-state index contributed by atoms with van der Waals surface area (Å²) in [5.74, 6) is 0.200. The number of nitrogens with zero attached hydrogens (tertiary/aromatic N) is 1. The molecule has 0 unspecified atom stereocenters. The van der Waals surface area contributed by atoms with Crippen LogP contribution in [0.3, 0.4) is 0 Å². The molecule has 3 atom stereocenters. The summed E-state index contributed by atoms with van der Waals surface area (Å²) in [6, 6.07) is 1.55. The number of carbonyl (C=O) groups is 1. The maximum Gasteiger partial charge on any atom is 0.232 e. The summed E-state index contributed by atoms with van der Waals surface area (Å²) in [5.41, 5.74) is -1.12. The van der Waals surface area contributed by atoms with Gasteiger partial charge in [-0.05, 0) is 36.2 Å². The summed E-state index contributed by atoms with van der Waals surface area (Å²) in [6.07, 6.45) is 3.08. The van der Waals surface area contributed by atoms with E-state index in [0.717, 1.165) is 12.8 Å². The lowest BCUT2D eigenvalue weighted by Gasteiger charge is -2.40. The van der Waals surface area contributed by atoms with Crippen molar-refractivity contribution in [3.8, 4) is 0 Å². The van der Waals surface area contributed by atoms with Crippen LogP contribution in [0.2, 0.25) is 10.0 Å². The van der Waals surface area contributed by atoms with Crippen molar-refractivity contribution in [1.29, 1.82) is 0 Å². The largest absolute Gasteiger partial charge is 0.393 e. The van der Waals surface area contributed by atoms with Crippen LogP contribution in [0.5, 0.6) is 0 Å². The number of aromatic nitrogens is 1. The van der Waals surface area contributed by atoms with Crippen molar-refractivity contribution >= 4 is 34.9 Å². The van der Waals surface area contributed by atoms with Gasteiger partial charge in [0.05, 0.1) is 21.6 Å². The third kappa shape index (κ3) is 1.87. The molecule has 0 aliphatic heterocycles. The Bertz CT molecular complexity index is 649. The molecule has 0 radical (unpaired) electrons. The SMILES string of the molecule is CC1(C)[C@@]2(C(=O)Nc3ncc(Cl)cc3Cl)CC[C@@]1(C)[C@@H](O)C2.